The molecule has 1 nitrogen and oxygen atoms in total. The van der Waals surface area contributed by atoms with Crippen LogP contribution in [0.5, 0.6) is 0 Å². The molecule has 0 radical (unpaired) electrons. The minimum atomic E-state index is 0.470. The van der Waals surface area contributed by atoms with E-state index in [9.17, 15) is 4.79 Å². The lowest BCUT2D eigenvalue weighted by Crippen LogP contribution is -1.57. The summed E-state index contributed by atoms with van der Waals surface area (Å²) in [5, 5.41) is 0. The number of carbonyl (C=O) groups excluding carboxylic acids is 1. The third-order valence-electron chi connectivity index (χ3n) is 0.532. The monoisotopic (exact) mass is 139 g/mol. The van der Waals surface area contributed by atoms with Gasteiger partial charge in [0, 0.05) is 0 Å². The molecule has 0 atom stereocenters. The van der Waals surface area contributed by atoms with Crippen LogP contribution in [0.1, 0.15) is 0 Å². The highest BCUT2D eigenvalue weighted by atomic mass is 16.1. The zero-order chi connectivity index (χ0) is 8.36. The number of aldehydes is 1. The van der Waals surface area contributed by atoms with Crippen molar-refractivity contribution in [2.75, 3.05) is 0 Å². The molecule has 0 aliphatic carbocycles. The SMILES string of the molecule is [CH2-]C#CC#CC#CC#CC=O. The summed E-state index contributed by atoms with van der Waals surface area (Å²) in [6, 6.07) is 0. The van der Waals surface area contributed by atoms with Crippen LogP contribution in [0.25, 0.3) is 0 Å². The van der Waals surface area contributed by atoms with Crippen LogP contribution in [0.3, 0.4) is 0 Å². The van der Waals surface area contributed by atoms with Crippen LogP contribution in [0, 0.1) is 54.3 Å². The molecule has 0 aromatic heterocycles. The predicted octanol–water partition coefficient (Wildman–Crippen LogP) is 0.0330. The molecule has 0 saturated heterocycles. The third-order valence-corrected chi connectivity index (χ3v) is 0.532. The molecule has 0 aromatic carbocycles. The topological polar surface area (TPSA) is 17.1 Å². The molecule has 0 fully saturated rings. The molecule has 11 heavy (non-hydrogen) atoms. The van der Waals surface area contributed by atoms with Gasteiger partial charge in [0.05, 0.1) is 0 Å². The highest BCUT2D eigenvalue weighted by Crippen LogP contribution is 1.53. The minimum absolute atomic E-state index is 0.470. The fourth-order valence-electron chi connectivity index (χ4n) is 0.235. The van der Waals surface area contributed by atoms with Gasteiger partial charge in [0.15, 0.2) is 6.29 Å². The van der Waals surface area contributed by atoms with Crippen LogP contribution in [-0.2, 0) is 4.79 Å². The Morgan fingerprint density at radius 2 is 1.45 bits per heavy atom. The fourth-order valence-corrected chi connectivity index (χ4v) is 0.235. The Labute approximate surface area is 66.2 Å². The largest absolute Gasteiger partial charge is 0.289 e. The molecule has 0 heterocycles. The molecule has 0 N–H and O–H groups in total. The maximum atomic E-state index is 9.63. The standard InChI is InChI=1S/C10H3O/c1-2-3-4-5-6-7-8-9-10-11/h10H,1H2/q-1. The van der Waals surface area contributed by atoms with Crippen LogP contribution < -0.4 is 0 Å². The summed E-state index contributed by atoms with van der Waals surface area (Å²) in [5.74, 6) is 18.7. The summed E-state index contributed by atoms with van der Waals surface area (Å²) in [6.07, 6.45) is 0.470. The average molecular weight is 139 g/mol. The molecule has 0 amide bonds. The third kappa shape index (κ3) is 7.78. The van der Waals surface area contributed by atoms with E-state index >= 15 is 0 Å². The van der Waals surface area contributed by atoms with Gasteiger partial charge in [-0.25, -0.2) is 5.92 Å². The Balaban J connectivity index is 4.00. The molecule has 0 aliphatic heterocycles. The predicted molar refractivity (Wildman–Crippen MR) is 42.5 cm³/mol. The van der Waals surface area contributed by atoms with E-state index < -0.39 is 0 Å². The Bertz CT molecular complexity index is 358. The Hall–Kier alpha value is -2.22. The zero-order valence-corrected chi connectivity index (χ0v) is 5.69. The second-order valence-electron chi connectivity index (χ2n) is 1.19. The Morgan fingerprint density at radius 3 is 2.00 bits per heavy atom. The summed E-state index contributed by atoms with van der Waals surface area (Å²) in [6.45, 7) is 3.25. The van der Waals surface area contributed by atoms with Crippen molar-refractivity contribution in [2.24, 2.45) is 0 Å². The lowest BCUT2D eigenvalue weighted by molar-refractivity contribution is -0.103. The van der Waals surface area contributed by atoms with E-state index in [2.05, 4.69) is 54.3 Å². The van der Waals surface area contributed by atoms with Gasteiger partial charge in [0.1, 0.15) is 0 Å². The van der Waals surface area contributed by atoms with Gasteiger partial charge in [-0.2, -0.15) is 6.92 Å². The number of hydrogen-bond donors (Lipinski definition) is 0. The summed E-state index contributed by atoms with van der Waals surface area (Å²) in [5.41, 5.74) is 0. The van der Waals surface area contributed by atoms with Gasteiger partial charge in [-0.05, 0) is 29.6 Å². The average Bonchev–Trinajstić information content (AvgIpc) is 2.03. The molecule has 0 aromatic rings. The van der Waals surface area contributed by atoms with Gasteiger partial charge >= 0.3 is 0 Å². The first-order chi connectivity index (χ1) is 5.41. The van der Waals surface area contributed by atoms with Crippen molar-refractivity contribution in [3.05, 3.63) is 6.92 Å². The van der Waals surface area contributed by atoms with Crippen molar-refractivity contribution < 1.29 is 4.79 Å². The highest BCUT2D eigenvalue weighted by Gasteiger charge is 1.53. The van der Waals surface area contributed by atoms with E-state index in [1.807, 2.05) is 0 Å². The van der Waals surface area contributed by atoms with E-state index in [0.29, 0.717) is 6.29 Å². The molecular weight excluding hydrogens is 136 g/mol. The normalized spacial score (nSPS) is 4.00. The summed E-state index contributed by atoms with van der Waals surface area (Å²) < 4.78 is 0. The summed E-state index contributed by atoms with van der Waals surface area (Å²) in [7, 11) is 0. The molecule has 0 unspecified atom stereocenters. The molecule has 0 aliphatic rings. The molecule has 0 spiro atoms. The zero-order valence-electron chi connectivity index (χ0n) is 5.69. The van der Waals surface area contributed by atoms with Gasteiger partial charge < -0.3 is 0 Å². The van der Waals surface area contributed by atoms with Gasteiger partial charge in [0.2, 0.25) is 0 Å². The molecule has 0 bridgehead atoms. The van der Waals surface area contributed by atoms with Crippen molar-refractivity contribution in [2.45, 2.75) is 0 Å². The van der Waals surface area contributed by atoms with Crippen molar-refractivity contribution in [1.29, 1.82) is 0 Å². The minimum Gasteiger partial charge on any atom is -0.289 e. The quantitative estimate of drug-likeness (QED) is 0.263. The number of rotatable bonds is 0. The number of hydrogen-bond acceptors (Lipinski definition) is 1. The van der Waals surface area contributed by atoms with Gasteiger partial charge in [-0.1, -0.05) is 0 Å². The van der Waals surface area contributed by atoms with Crippen molar-refractivity contribution >= 4 is 6.29 Å². The van der Waals surface area contributed by atoms with Crippen molar-refractivity contribution in [3.8, 4) is 47.4 Å². The first-order valence-corrected chi connectivity index (χ1v) is 2.63. The summed E-state index contributed by atoms with van der Waals surface area (Å²) >= 11 is 0. The molecule has 1 heteroatoms. The lowest BCUT2D eigenvalue weighted by Gasteiger charge is -1.64. The first-order valence-electron chi connectivity index (χ1n) is 2.63. The first kappa shape index (κ1) is 8.78. The van der Waals surface area contributed by atoms with Gasteiger partial charge in [-0.15, -0.1) is 5.92 Å². The van der Waals surface area contributed by atoms with E-state index in [4.69, 9.17) is 0 Å². The maximum absolute atomic E-state index is 9.63. The van der Waals surface area contributed by atoms with Crippen LogP contribution in [0.2, 0.25) is 0 Å². The van der Waals surface area contributed by atoms with Crippen LogP contribution in [-0.4, -0.2) is 6.29 Å². The van der Waals surface area contributed by atoms with E-state index in [1.165, 1.54) is 0 Å². The second-order valence-corrected chi connectivity index (χ2v) is 1.19. The van der Waals surface area contributed by atoms with Gasteiger partial charge in [-0.3, -0.25) is 10.7 Å². The smallest absolute Gasteiger partial charge is 0.193 e. The fraction of sp³-hybridized carbons (Fsp3) is 0. The highest BCUT2D eigenvalue weighted by molar-refractivity contribution is 5.73. The lowest BCUT2D eigenvalue weighted by atomic mass is 10.5. The Morgan fingerprint density at radius 1 is 0.909 bits per heavy atom. The molecule has 0 saturated carbocycles. The van der Waals surface area contributed by atoms with E-state index in [0.717, 1.165) is 0 Å². The van der Waals surface area contributed by atoms with Crippen LogP contribution in [0.4, 0.5) is 0 Å². The van der Waals surface area contributed by atoms with E-state index in [1.54, 1.807) is 0 Å². The molecular formula is C10H3O-. The van der Waals surface area contributed by atoms with Crippen LogP contribution >= 0.6 is 0 Å². The Kier molecular flexibility index (Phi) is 6.21. The van der Waals surface area contributed by atoms with Gasteiger partial charge in [0.25, 0.3) is 0 Å². The second kappa shape index (κ2) is 7.78. The maximum Gasteiger partial charge on any atom is 0.193 e. The summed E-state index contributed by atoms with van der Waals surface area (Å²) in [4.78, 5) is 9.63. The molecule has 0 rings (SSSR count). The van der Waals surface area contributed by atoms with E-state index in [-0.39, 0.29) is 0 Å². The number of carbonyl (C=O) groups is 1. The van der Waals surface area contributed by atoms with Crippen molar-refractivity contribution in [3.63, 3.8) is 0 Å². The molecule has 50 valence electrons. The van der Waals surface area contributed by atoms with Crippen molar-refractivity contribution in [1.82, 2.24) is 0 Å². The van der Waals surface area contributed by atoms with Crippen LogP contribution in [0.15, 0.2) is 0 Å².